The lowest BCUT2D eigenvalue weighted by molar-refractivity contribution is 0.102. The number of nitrogens with one attached hydrogen (secondary N) is 1. The number of carbonyl (C=O) groups excluding carboxylic acids is 1. The van der Waals surface area contributed by atoms with E-state index in [1.165, 1.54) is 0 Å². The molecule has 2 aromatic rings. The van der Waals surface area contributed by atoms with Crippen molar-refractivity contribution in [1.29, 1.82) is 0 Å². The molecule has 0 aliphatic rings. The second-order valence-electron chi connectivity index (χ2n) is 5.16. The van der Waals surface area contributed by atoms with Crippen LogP contribution in [0.5, 0.6) is 0 Å². The van der Waals surface area contributed by atoms with Gasteiger partial charge in [-0.15, -0.1) is 0 Å². The van der Waals surface area contributed by atoms with E-state index in [9.17, 15) is 4.79 Å². The number of halogens is 1. The van der Waals surface area contributed by atoms with Crippen molar-refractivity contribution in [3.8, 4) is 0 Å². The molecule has 1 amide bonds. The molecule has 0 bridgehead atoms. The first-order valence-corrected chi connectivity index (χ1v) is 7.44. The topological polar surface area (TPSA) is 29.1 Å². The lowest BCUT2D eigenvalue weighted by Gasteiger charge is -2.15. The van der Waals surface area contributed by atoms with Gasteiger partial charge in [-0.05, 0) is 48.2 Å². The molecule has 2 aromatic carbocycles. The molecule has 3 heteroatoms. The van der Waals surface area contributed by atoms with Gasteiger partial charge in [0, 0.05) is 15.7 Å². The zero-order valence-electron chi connectivity index (χ0n) is 11.9. The van der Waals surface area contributed by atoms with E-state index >= 15 is 0 Å². The molecule has 0 saturated carbocycles. The van der Waals surface area contributed by atoms with Gasteiger partial charge in [0.25, 0.3) is 5.91 Å². The maximum Gasteiger partial charge on any atom is 0.255 e. The van der Waals surface area contributed by atoms with Crippen molar-refractivity contribution < 1.29 is 4.79 Å². The van der Waals surface area contributed by atoms with Gasteiger partial charge in [0.05, 0.1) is 0 Å². The zero-order valence-corrected chi connectivity index (χ0v) is 13.5. The molecular formula is C17H18BrNO. The Kier molecular flexibility index (Phi) is 4.61. The number of amides is 1. The second kappa shape index (κ2) is 6.23. The first kappa shape index (κ1) is 14.8. The number of benzene rings is 2. The van der Waals surface area contributed by atoms with Crippen LogP contribution in [0.15, 0.2) is 46.9 Å². The van der Waals surface area contributed by atoms with Crippen LogP contribution in [-0.2, 0) is 0 Å². The number of rotatable bonds is 3. The first-order valence-electron chi connectivity index (χ1n) is 6.65. The van der Waals surface area contributed by atoms with Crippen molar-refractivity contribution in [1.82, 2.24) is 0 Å². The predicted molar refractivity (Wildman–Crippen MR) is 87.4 cm³/mol. The fourth-order valence-corrected chi connectivity index (χ4v) is 2.52. The zero-order chi connectivity index (χ0) is 14.7. The number of aryl methyl sites for hydroxylation is 1. The minimum absolute atomic E-state index is 0.0627. The molecule has 0 atom stereocenters. The van der Waals surface area contributed by atoms with Gasteiger partial charge >= 0.3 is 0 Å². The van der Waals surface area contributed by atoms with Crippen LogP contribution in [0.4, 0.5) is 5.69 Å². The Balaban J connectivity index is 2.31. The molecule has 104 valence electrons. The largest absolute Gasteiger partial charge is 0.322 e. The molecule has 0 radical (unpaired) electrons. The summed E-state index contributed by atoms with van der Waals surface area (Å²) >= 11 is 3.47. The summed E-state index contributed by atoms with van der Waals surface area (Å²) in [6.45, 7) is 6.18. The molecule has 0 unspecified atom stereocenters. The van der Waals surface area contributed by atoms with Crippen LogP contribution in [0, 0.1) is 6.92 Å². The third-order valence-corrected chi connectivity index (χ3v) is 3.77. The van der Waals surface area contributed by atoms with E-state index in [1.54, 1.807) is 0 Å². The van der Waals surface area contributed by atoms with Crippen LogP contribution < -0.4 is 5.32 Å². The monoisotopic (exact) mass is 331 g/mol. The van der Waals surface area contributed by atoms with E-state index in [4.69, 9.17) is 0 Å². The summed E-state index contributed by atoms with van der Waals surface area (Å²) in [7, 11) is 0. The van der Waals surface area contributed by atoms with Gasteiger partial charge in [-0.3, -0.25) is 4.79 Å². The quantitative estimate of drug-likeness (QED) is 0.829. The van der Waals surface area contributed by atoms with Gasteiger partial charge in [-0.2, -0.15) is 0 Å². The molecule has 0 aromatic heterocycles. The van der Waals surface area contributed by atoms with Crippen molar-refractivity contribution in [2.45, 2.75) is 26.7 Å². The molecule has 0 heterocycles. The van der Waals surface area contributed by atoms with Crippen LogP contribution in [-0.4, -0.2) is 5.91 Å². The molecule has 0 aliphatic heterocycles. The fraction of sp³-hybridized carbons (Fsp3) is 0.235. The maximum atomic E-state index is 12.4. The van der Waals surface area contributed by atoms with Gasteiger partial charge in [-0.25, -0.2) is 0 Å². The van der Waals surface area contributed by atoms with Crippen molar-refractivity contribution in [3.05, 3.63) is 63.6 Å². The molecule has 1 N–H and O–H groups in total. The Morgan fingerprint density at radius 3 is 2.50 bits per heavy atom. The van der Waals surface area contributed by atoms with Crippen LogP contribution in [0.3, 0.4) is 0 Å². The van der Waals surface area contributed by atoms with Gasteiger partial charge < -0.3 is 5.32 Å². The Hall–Kier alpha value is -1.61. The van der Waals surface area contributed by atoms with E-state index < -0.39 is 0 Å². The third kappa shape index (κ3) is 3.28. The molecule has 20 heavy (non-hydrogen) atoms. The Labute approximate surface area is 128 Å². The Morgan fingerprint density at radius 2 is 1.85 bits per heavy atom. The van der Waals surface area contributed by atoms with Gasteiger partial charge in [-0.1, -0.05) is 48.0 Å². The van der Waals surface area contributed by atoms with Gasteiger partial charge in [0.2, 0.25) is 0 Å². The SMILES string of the molecule is Cc1ccccc1C(=O)Nc1ccc(Br)cc1C(C)C. The van der Waals surface area contributed by atoms with E-state index in [-0.39, 0.29) is 5.91 Å². The van der Waals surface area contributed by atoms with Crippen LogP contribution in [0.1, 0.15) is 41.3 Å². The van der Waals surface area contributed by atoms with Crippen molar-refractivity contribution >= 4 is 27.5 Å². The van der Waals surface area contributed by atoms with Gasteiger partial charge in [0.1, 0.15) is 0 Å². The molecule has 0 spiro atoms. The summed E-state index contributed by atoms with van der Waals surface area (Å²) in [6.07, 6.45) is 0. The number of carbonyl (C=O) groups is 1. The standard InChI is InChI=1S/C17H18BrNO/c1-11(2)15-10-13(18)8-9-16(15)19-17(20)14-7-5-4-6-12(14)3/h4-11H,1-3H3,(H,19,20). The lowest BCUT2D eigenvalue weighted by atomic mass is 10.0. The molecular weight excluding hydrogens is 314 g/mol. The van der Waals surface area contributed by atoms with Crippen LogP contribution >= 0.6 is 15.9 Å². The normalized spacial score (nSPS) is 10.7. The van der Waals surface area contributed by atoms with E-state index in [2.05, 4.69) is 41.2 Å². The van der Waals surface area contributed by atoms with Crippen LogP contribution in [0.25, 0.3) is 0 Å². The van der Waals surface area contributed by atoms with E-state index in [0.717, 1.165) is 21.3 Å². The molecule has 0 aliphatic carbocycles. The minimum Gasteiger partial charge on any atom is -0.322 e. The fourth-order valence-electron chi connectivity index (χ4n) is 2.14. The molecule has 2 rings (SSSR count). The highest BCUT2D eigenvalue weighted by molar-refractivity contribution is 9.10. The summed E-state index contributed by atoms with van der Waals surface area (Å²) in [5.74, 6) is 0.284. The average molecular weight is 332 g/mol. The van der Waals surface area contributed by atoms with Gasteiger partial charge in [0.15, 0.2) is 0 Å². The molecule has 2 nitrogen and oxygen atoms in total. The Morgan fingerprint density at radius 1 is 1.15 bits per heavy atom. The van der Waals surface area contributed by atoms with Crippen molar-refractivity contribution in [2.24, 2.45) is 0 Å². The second-order valence-corrected chi connectivity index (χ2v) is 6.07. The van der Waals surface area contributed by atoms with E-state index in [1.807, 2.05) is 43.3 Å². The maximum absolute atomic E-state index is 12.4. The smallest absolute Gasteiger partial charge is 0.255 e. The lowest BCUT2D eigenvalue weighted by Crippen LogP contribution is -2.14. The van der Waals surface area contributed by atoms with Crippen LogP contribution in [0.2, 0.25) is 0 Å². The highest BCUT2D eigenvalue weighted by atomic mass is 79.9. The third-order valence-electron chi connectivity index (χ3n) is 3.27. The summed E-state index contributed by atoms with van der Waals surface area (Å²) in [6, 6.07) is 13.5. The van der Waals surface area contributed by atoms with Crippen molar-refractivity contribution in [2.75, 3.05) is 5.32 Å². The number of anilines is 1. The number of hydrogen-bond donors (Lipinski definition) is 1. The highest BCUT2D eigenvalue weighted by Gasteiger charge is 2.13. The molecule has 0 fully saturated rings. The van der Waals surface area contributed by atoms with E-state index in [0.29, 0.717) is 11.5 Å². The first-order chi connectivity index (χ1) is 9.49. The van der Waals surface area contributed by atoms with Crippen molar-refractivity contribution in [3.63, 3.8) is 0 Å². The summed E-state index contributed by atoms with van der Waals surface area (Å²) in [5, 5.41) is 3.02. The minimum atomic E-state index is -0.0627. The highest BCUT2D eigenvalue weighted by Crippen LogP contribution is 2.28. The number of hydrogen-bond acceptors (Lipinski definition) is 1. The summed E-state index contributed by atoms with van der Waals surface area (Å²) in [5.41, 5.74) is 3.69. The molecule has 0 saturated heterocycles. The average Bonchev–Trinajstić information content (AvgIpc) is 2.41. The summed E-state index contributed by atoms with van der Waals surface area (Å²) < 4.78 is 1.02. The Bertz CT molecular complexity index is 635. The summed E-state index contributed by atoms with van der Waals surface area (Å²) in [4.78, 5) is 12.4. The predicted octanol–water partition coefficient (Wildman–Crippen LogP) is 5.13.